The molecule has 66 heavy (non-hydrogen) atoms. The molecule has 0 fully saturated rings. The number of benzene rings is 6. The van der Waals surface area contributed by atoms with E-state index in [9.17, 15) is 21.7 Å². The molecule has 0 atom stereocenters. The van der Waals surface area contributed by atoms with Gasteiger partial charge in [0, 0.05) is 46.0 Å². The SMILES string of the molecule is [2H]C([2H])(c1ccc(-c2[c-]ccc3c2oc2c(-c4ccccc4)c(C#N)ccc23)nc1)C([2H])([2H])c1cc(C([2H])([2H])C([2H])([2H])c2cnc(-c3[c-]cccc3)cc2C)cc(C([2H])([2H])C([2H])([2H])c2cnc(-c3[c-]cccc3)cc2C)c1.[Ir+3]. The summed E-state index contributed by atoms with van der Waals surface area (Å²) in [4.78, 5) is 13.5. The summed E-state index contributed by atoms with van der Waals surface area (Å²) in [5.74, 6) is 0. The number of hydrogen-bond acceptors (Lipinski definition) is 5. The van der Waals surface area contributed by atoms with Crippen LogP contribution in [-0.2, 0) is 58.3 Å². The van der Waals surface area contributed by atoms with E-state index < -0.39 is 54.9 Å². The van der Waals surface area contributed by atoms with E-state index in [1.54, 1.807) is 86.6 Å². The van der Waals surface area contributed by atoms with Crippen molar-refractivity contribution in [3.63, 3.8) is 0 Å². The van der Waals surface area contributed by atoms with Gasteiger partial charge in [0.1, 0.15) is 5.58 Å². The zero-order valence-electron chi connectivity index (χ0n) is 47.6. The van der Waals surface area contributed by atoms with Gasteiger partial charge in [-0.25, -0.2) is 0 Å². The number of nitrogens with zero attached hydrogens (tertiary/aromatic N) is 4. The molecule has 5 nitrogen and oxygen atoms in total. The van der Waals surface area contributed by atoms with Gasteiger partial charge in [-0.2, -0.15) is 5.26 Å². The molecule has 0 aliphatic carbocycles. The predicted octanol–water partition coefficient (Wildman–Crippen LogP) is 13.7. The molecule has 0 saturated heterocycles. The van der Waals surface area contributed by atoms with Crippen LogP contribution in [0.25, 0.3) is 66.8 Å². The number of fused-ring (bicyclic) bond motifs is 3. The van der Waals surface area contributed by atoms with E-state index in [4.69, 9.17) is 4.42 Å². The van der Waals surface area contributed by atoms with Crippen LogP contribution in [0.3, 0.4) is 0 Å². The molecule has 10 rings (SSSR count). The summed E-state index contributed by atoms with van der Waals surface area (Å²) in [6, 6.07) is 51.1. The molecule has 0 spiro atoms. The molecule has 0 amide bonds. The third kappa shape index (κ3) is 9.42. The van der Waals surface area contributed by atoms with Crippen molar-refractivity contribution in [2.45, 2.75) is 52.1 Å². The number of rotatable bonds is 13. The summed E-state index contributed by atoms with van der Waals surface area (Å²) in [7, 11) is 0. The van der Waals surface area contributed by atoms with Crippen molar-refractivity contribution in [3.8, 4) is 51.0 Å². The van der Waals surface area contributed by atoms with E-state index in [0.29, 0.717) is 72.6 Å². The van der Waals surface area contributed by atoms with Gasteiger partial charge in [-0.1, -0.05) is 101 Å². The van der Waals surface area contributed by atoms with Crippen molar-refractivity contribution in [2.75, 3.05) is 0 Å². The molecule has 0 aliphatic rings. The molecule has 0 aliphatic heterocycles. The van der Waals surface area contributed by atoms with Gasteiger partial charge >= 0.3 is 20.1 Å². The molecule has 320 valence electrons. The number of aromatic nitrogens is 3. The third-order valence-corrected chi connectivity index (χ3v) is 11.0. The van der Waals surface area contributed by atoms with Gasteiger partial charge in [0.25, 0.3) is 0 Å². The molecular formula is C60H45IrN4O. The van der Waals surface area contributed by atoms with E-state index in [2.05, 4.69) is 39.2 Å². The van der Waals surface area contributed by atoms with Crippen LogP contribution in [0.5, 0.6) is 0 Å². The normalized spacial score (nSPS) is 15.1. The van der Waals surface area contributed by atoms with E-state index in [1.807, 2.05) is 42.5 Å². The first-order valence-electron chi connectivity index (χ1n) is 26.9. The van der Waals surface area contributed by atoms with Crippen LogP contribution >= 0.6 is 0 Å². The number of hydrogen-bond donors (Lipinski definition) is 0. The van der Waals surface area contributed by atoms with E-state index in [0.717, 1.165) is 35.3 Å². The first-order valence-corrected chi connectivity index (χ1v) is 20.9. The van der Waals surface area contributed by atoms with Crippen LogP contribution in [-0.4, -0.2) is 15.0 Å². The number of nitriles is 1. The van der Waals surface area contributed by atoms with Crippen molar-refractivity contribution < 1.29 is 41.0 Å². The Morgan fingerprint density at radius 1 is 0.530 bits per heavy atom. The van der Waals surface area contributed by atoms with Crippen LogP contribution in [0.15, 0.2) is 169 Å². The topological polar surface area (TPSA) is 75.6 Å². The molecule has 0 unspecified atom stereocenters. The molecule has 6 aromatic carbocycles. The average Bonchev–Trinajstić information content (AvgIpc) is 3.87. The smallest absolute Gasteiger partial charge is 0.500 e. The Labute approximate surface area is 417 Å². The summed E-state index contributed by atoms with van der Waals surface area (Å²) in [6.45, 7) is 3.19. The first-order chi connectivity index (χ1) is 36.5. The Kier molecular flexibility index (Phi) is 9.49. The third-order valence-electron chi connectivity index (χ3n) is 11.0. The zero-order valence-corrected chi connectivity index (χ0v) is 38.0. The summed E-state index contributed by atoms with van der Waals surface area (Å²) >= 11 is 0. The van der Waals surface area contributed by atoms with Crippen LogP contribution in [0.1, 0.15) is 66.5 Å². The number of furan rings is 1. The maximum Gasteiger partial charge on any atom is 3.00 e. The monoisotopic (exact) mass is 1040 g/mol. The fraction of sp³-hybridized carbons (Fsp3) is 0.133. The quantitative estimate of drug-likeness (QED) is 0.108. The van der Waals surface area contributed by atoms with Gasteiger partial charge < -0.3 is 19.4 Å². The first kappa shape index (κ1) is 31.6. The maximum absolute atomic E-state index is 10.1. The van der Waals surface area contributed by atoms with Crippen molar-refractivity contribution in [3.05, 3.63) is 232 Å². The Morgan fingerprint density at radius 3 is 1.64 bits per heavy atom. The van der Waals surface area contributed by atoms with Crippen LogP contribution in [0.4, 0.5) is 0 Å². The molecule has 0 radical (unpaired) electrons. The number of pyridine rings is 3. The van der Waals surface area contributed by atoms with Crippen LogP contribution < -0.4 is 0 Å². The van der Waals surface area contributed by atoms with Gasteiger partial charge in [-0.15, -0.1) is 90.0 Å². The minimum absolute atomic E-state index is 0. The molecule has 10 aromatic rings. The molecule has 0 N–H and O–H groups in total. The Bertz CT molecular complexity index is 3790. The van der Waals surface area contributed by atoms with Gasteiger partial charge in [-0.05, 0) is 114 Å². The molecule has 4 aromatic heterocycles. The Morgan fingerprint density at radius 2 is 1.09 bits per heavy atom. The van der Waals surface area contributed by atoms with Gasteiger partial charge in [-0.3, -0.25) is 0 Å². The summed E-state index contributed by atoms with van der Waals surface area (Å²) in [5.41, 5.74) is 3.84. The minimum Gasteiger partial charge on any atom is -0.500 e. The van der Waals surface area contributed by atoms with Crippen LogP contribution in [0, 0.1) is 43.4 Å². The second-order valence-corrected chi connectivity index (χ2v) is 15.3. The molecular weight excluding hydrogens is 985 g/mol. The fourth-order valence-corrected chi connectivity index (χ4v) is 7.64. The fourth-order valence-electron chi connectivity index (χ4n) is 7.64. The summed E-state index contributed by atoms with van der Waals surface area (Å²) in [5, 5.41) is 11.5. The molecule has 6 heteroatoms. The Hall–Kier alpha value is -7.29. The Balaban J connectivity index is 0.00000740. The van der Waals surface area contributed by atoms with E-state index in [1.165, 1.54) is 24.5 Å². The van der Waals surface area contributed by atoms with Gasteiger partial charge in [0.2, 0.25) is 0 Å². The van der Waals surface area contributed by atoms with Crippen molar-refractivity contribution >= 4 is 21.9 Å². The summed E-state index contributed by atoms with van der Waals surface area (Å²) < 4.78 is 121. The zero-order chi connectivity index (χ0) is 54.9. The second kappa shape index (κ2) is 19.8. The van der Waals surface area contributed by atoms with Gasteiger partial charge in [0.15, 0.2) is 0 Å². The van der Waals surface area contributed by atoms with Crippen molar-refractivity contribution in [1.82, 2.24) is 15.0 Å². The van der Waals surface area contributed by atoms with Gasteiger partial charge in [0.05, 0.1) is 17.2 Å². The van der Waals surface area contributed by atoms with Crippen molar-refractivity contribution in [2.24, 2.45) is 0 Å². The standard InChI is InChI=1S/C60H45N4O.Ir/c1-40-31-56(46-13-6-3-7-14-46)63-38-50(40)26-23-44-33-43(34-45(35-44)24-27-51-39-64-57(32-41(51)2)47-15-8-4-9-16-47)22-21-42-25-30-55(62-37-42)54-20-12-19-52-53-29-28-49(36-61)58(60(53)65-59(52)54)48-17-10-5-11-18-48;/h3-13,15,17-19,25,28-35,37-39H,21-24,26-27H2,1-2H3;/q-3;+3/i21D2,22D2,23D2,24D2,26D2,27D2;. The molecule has 0 saturated carbocycles. The minimum atomic E-state index is -3.15. The van der Waals surface area contributed by atoms with E-state index in [-0.39, 0.29) is 36.8 Å². The van der Waals surface area contributed by atoms with Crippen molar-refractivity contribution in [1.29, 1.82) is 5.26 Å². The summed E-state index contributed by atoms with van der Waals surface area (Å²) in [6.07, 6.45) is -14.7. The maximum atomic E-state index is 10.1. The predicted molar refractivity (Wildman–Crippen MR) is 261 cm³/mol. The molecule has 0 bridgehead atoms. The average molecular weight is 1040 g/mol. The molecule has 4 heterocycles. The number of aryl methyl sites for hydroxylation is 8. The van der Waals surface area contributed by atoms with E-state index >= 15 is 0 Å². The largest absolute Gasteiger partial charge is 3.00 e. The second-order valence-electron chi connectivity index (χ2n) is 15.3. The van der Waals surface area contributed by atoms with Crippen LogP contribution in [0.2, 0.25) is 0 Å².